The number of nitrogens with zero attached hydrogens (tertiary/aromatic N) is 1. The molecule has 2 N–H and O–H groups in total. The molecular formula is C6H16N2O. The first-order valence-corrected chi connectivity index (χ1v) is 3.21. The van der Waals surface area contributed by atoms with Crippen molar-refractivity contribution in [2.24, 2.45) is 5.73 Å². The molecule has 0 saturated heterocycles. The second-order valence-corrected chi connectivity index (χ2v) is 2.16. The Morgan fingerprint density at radius 3 is 2.56 bits per heavy atom. The number of rotatable bonds is 4. The molecule has 0 bridgehead atoms. The molecule has 0 radical (unpaired) electrons. The van der Waals surface area contributed by atoms with Gasteiger partial charge >= 0.3 is 0 Å². The fourth-order valence-corrected chi connectivity index (χ4v) is 0.534. The normalized spacial score (nSPS) is 14.3. The molecule has 0 rings (SSSR count). The quantitative estimate of drug-likeness (QED) is 0.556. The zero-order chi connectivity index (χ0) is 7.28. The van der Waals surface area contributed by atoms with E-state index < -0.39 is 0 Å². The minimum Gasteiger partial charge on any atom is -0.326 e. The minimum absolute atomic E-state index is 0.231. The molecule has 0 aliphatic heterocycles. The molecule has 0 heterocycles. The van der Waals surface area contributed by atoms with Crippen LogP contribution in [0.25, 0.3) is 0 Å². The van der Waals surface area contributed by atoms with Gasteiger partial charge in [0.2, 0.25) is 0 Å². The highest BCUT2D eigenvalue weighted by Crippen LogP contribution is 1.89. The lowest BCUT2D eigenvalue weighted by atomic mass is 10.2. The van der Waals surface area contributed by atoms with Gasteiger partial charge in [0.05, 0.1) is 7.11 Å². The summed E-state index contributed by atoms with van der Waals surface area (Å²) in [5.74, 6) is 0. The maximum absolute atomic E-state index is 5.63. The van der Waals surface area contributed by atoms with Gasteiger partial charge in [0.15, 0.2) is 0 Å². The van der Waals surface area contributed by atoms with E-state index in [0.717, 1.165) is 13.0 Å². The largest absolute Gasteiger partial charge is 0.326 e. The summed E-state index contributed by atoms with van der Waals surface area (Å²) in [6.45, 7) is 2.86. The van der Waals surface area contributed by atoms with Crippen LogP contribution < -0.4 is 5.73 Å². The van der Waals surface area contributed by atoms with Crippen LogP contribution in [0.1, 0.15) is 13.3 Å². The lowest BCUT2D eigenvalue weighted by Crippen LogP contribution is -2.33. The Balaban J connectivity index is 3.22. The van der Waals surface area contributed by atoms with Gasteiger partial charge in [-0.1, -0.05) is 6.92 Å². The third kappa shape index (κ3) is 4.39. The molecule has 0 spiro atoms. The highest BCUT2D eigenvalue weighted by molar-refractivity contribution is 4.58. The van der Waals surface area contributed by atoms with E-state index in [1.165, 1.54) is 0 Å². The summed E-state index contributed by atoms with van der Waals surface area (Å²) in [6, 6.07) is 0.231. The van der Waals surface area contributed by atoms with Crippen LogP contribution in [0, 0.1) is 0 Å². The molecule has 0 aromatic rings. The minimum atomic E-state index is 0.231. The van der Waals surface area contributed by atoms with Gasteiger partial charge in [0.1, 0.15) is 0 Å². The van der Waals surface area contributed by atoms with E-state index in [2.05, 4.69) is 6.92 Å². The molecule has 0 aromatic carbocycles. The van der Waals surface area contributed by atoms with E-state index in [9.17, 15) is 0 Å². The summed E-state index contributed by atoms with van der Waals surface area (Å²) in [6.07, 6.45) is 0.994. The Morgan fingerprint density at radius 2 is 2.22 bits per heavy atom. The first-order chi connectivity index (χ1) is 4.20. The summed E-state index contributed by atoms with van der Waals surface area (Å²) >= 11 is 0. The average molecular weight is 132 g/mol. The Bertz CT molecular complexity index is 60.1. The van der Waals surface area contributed by atoms with Crippen molar-refractivity contribution in [1.29, 1.82) is 0 Å². The lowest BCUT2D eigenvalue weighted by molar-refractivity contribution is -0.112. The van der Waals surface area contributed by atoms with Crippen molar-refractivity contribution in [3.8, 4) is 0 Å². The second-order valence-electron chi connectivity index (χ2n) is 2.16. The molecule has 0 amide bonds. The standard InChI is InChI=1S/C6H16N2O/c1-4-6(7)5-8(2)9-3/h6H,4-5,7H2,1-3H3. The summed E-state index contributed by atoms with van der Waals surface area (Å²) in [4.78, 5) is 4.88. The fraction of sp³-hybridized carbons (Fsp3) is 1.00. The zero-order valence-corrected chi connectivity index (χ0v) is 6.42. The van der Waals surface area contributed by atoms with Gasteiger partial charge in [-0.2, -0.15) is 5.06 Å². The van der Waals surface area contributed by atoms with Crippen LogP contribution in [0.15, 0.2) is 0 Å². The van der Waals surface area contributed by atoms with Crippen molar-refractivity contribution in [3.05, 3.63) is 0 Å². The predicted molar refractivity (Wildman–Crippen MR) is 37.9 cm³/mol. The number of nitrogens with two attached hydrogens (primary N) is 1. The Morgan fingerprint density at radius 1 is 1.67 bits per heavy atom. The van der Waals surface area contributed by atoms with Crippen LogP contribution in [-0.4, -0.2) is 31.8 Å². The molecule has 1 atom stereocenters. The van der Waals surface area contributed by atoms with Gasteiger partial charge in [-0.05, 0) is 6.42 Å². The van der Waals surface area contributed by atoms with Gasteiger partial charge in [0.25, 0.3) is 0 Å². The van der Waals surface area contributed by atoms with Crippen molar-refractivity contribution < 1.29 is 4.84 Å². The van der Waals surface area contributed by atoms with Crippen molar-refractivity contribution in [3.63, 3.8) is 0 Å². The highest BCUT2D eigenvalue weighted by Gasteiger charge is 2.01. The first kappa shape index (κ1) is 8.88. The molecule has 3 nitrogen and oxygen atoms in total. The van der Waals surface area contributed by atoms with E-state index in [1.807, 2.05) is 7.05 Å². The topological polar surface area (TPSA) is 38.5 Å². The zero-order valence-electron chi connectivity index (χ0n) is 6.42. The second kappa shape index (κ2) is 4.73. The van der Waals surface area contributed by atoms with E-state index in [-0.39, 0.29) is 6.04 Å². The van der Waals surface area contributed by atoms with E-state index in [1.54, 1.807) is 12.2 Å². The van der Waals surface area contributed by atoms with Gasteiger partial charge in [0, 0.05) is 19.6 Å². The molecule has 0 aromatic heterocycles. The van der Waals surface area contributed by atoms with Crippen LogP contribution >= 0.6 is 0 Å². The molecule has 1 unspecified atom stereocenters. The number of hydrogen-bond donors (Lipinski definition) is 1. The molecule has 0 saturated carbocycles. The third-order valence-electron chi connectivity index (χ3n) is 1.33. The van der Waals surface area contributed by atoms with E-state index in [0.29, 0.717) is 0 Å². The summed E-state index contributed by atoms with van der Waals surface area (Å²) in [5.41, 5.74) is 5.63. The van der Waals surface area contributed by atoms with Crippen molar-refractivity contribution in [2.45, 2.75) is 19.4 Å². The third-order valence-corrected chi connectivity index (χ3v) is 1.33. The Labute approximate surface area is 56.7 Å². The molecule has 9 heavy (non-hydrogen) atoms. The van der Waals surface area contributed by atoms with Gasteiger partial charge in [-0.15, -0.1) is 0 Å². The molecular weight excluding hydrogens is 116 g/mol. The number of hydrogen-bond acceptors (Lipinski definition) is 3. The van der Waals surface area contributed by atoms with Crippen molar-refractivity contribution in [2.75, 3.05) is 20.7 Å². The maximum atomic E-state index is 5.63. The first-order valence-electron chi connectivity index (χ1n) is 3.21. The lowest BCUT2D eigenvalue weighted by Gasteiger charge is -2.16. The molecule has 0 fully saturated rings. The average Bonchev–Trinajstić information content (AvgIpc) is 1.87. The Hall–Kier alpha value is -0.120. The fourth-order valence-electron chi connectivity index (χ4n) is 0.534. The van der Waals surface area contributed by atoms with E-state index in [4.69, 9.17) is 10.6 Å². The maximum Gasteiger partial charge on any atom is 0.0575 e. The van der Waals surface area contributed by atoms with Gasteiger partial charge in [-0.25, -0.2) is 0 Å². The van der Waals surface area contributed by atoms with Crippen molar-refractivity contribution >= 4 is 0 Å². The molecule has 0 aliphatic rings. The van der Waals surface area contributed by atoms with Crippen molar-refractivity contribution in [1.82, 2.24) is 5.06 Å². The SMILES string of the molecule is CCC(N)CN(C)OC. The van der Waals surface area contributed by atoms with Crippen LogP contribution in [0.5, 0.6) is 0 Å². The molecule has 0 aliphatic carbocycles. The monoisotopic (exact) mass is 132 g/mol. The number of hydroxylamine groups is 2. The Kier molecular flexibility index (Phi) is 4.67. The van der Waals surface area contributed by atoms with Crippen LogP contribution in [0.2, 0.25) is 0 Å². The summed E-state index contributed by atoms with van der Waals surface area (Å²) in [7, 11) is 3.51. The molecule has 56 valence electrons. The number of likely N-dealkylation sites (N-methyl/N-ethyl adjacent to an activating group) is 1. The highest BCUT2D eigenvalue weighted by atomic mass is 16.7. The van der Waals surface area contributed by atoms with Crippen LogP contribution in [0.3, 0.4) is 0 Å². The predicted octanol–water partition coefficient (Wildman–Crippen LogP) is 0.217. The van der Waals surface area contributed by atoms with Crippen LogP contribution in [-0.2, 0) is 4.84 Å². The van der Waals surface area contributed by atoms with E-state index >= 15 is 0 Å². The van der Waals surface area contributed by atoms with Gasteiger partial charge < -0.3 is 10.6 Å². The smallest absolute Gasteiger partial charge is 0.0575 e. The summed E-state index contributed by atoms with van der Waals surface area (Å²) in [5, 5.41) is 1.73. The summed E-state index contributed by atoms with van der Waals surface area (Å²) < 4.78 is 0. The van der Waals surface area contributed by atoms with Crippen LogP contribution in [0.4, 0.5) is 0 Å². The molecule has 3 heteroatoms. The van der Waals surface area contributed by atoms with Gasteiger partial charge in [-0.3, -0.25) is 0 Å².